The lowest BCUT2D eigenvalue weighted by Crippen LogP contribution is -1.74. The zero-order valence-corrected chi connectivity index (χ0v) is 9.44. The minimum Gasteiger partial charge on any atom is -0.179 e. The summed E-state index contributed by atoms with van der Waals surface area (Å²) in [6.45, 7) is 0. The van der Waals surface area contributed by atoms with E-state index in [4.69, 9.17) is 0 Å². The molecule has 0 saturated carbocycles. The number of benzene rings is 1. The van der Waals surface area contributed by atoms with E-state index >= 15 is 0 Å². The summed E-state index contributed by atoms with van der Waals surface area (Å²) < 4.78 is 0. The average Bonchev–Trinajstić information content (AvgIpc) is 2.19. The number of rotatable bonds is 4. The predicted octanol–water partition coefficient (Wildman–Crippen LogP) is 3.74. The van der Waals surface area contributed by atoms with Crippen LogP contribution in [-0.2, 0) is 0 Å². The minimum absolute atomic E-state index is 0.915. The molecule has 0 bridgehead atoms. The average molecular weight is 210 g/mol. The lowest BCUT2D eigenvalue weighted by Gasteiger charge is -1.97. The summed E-state index contributed by atoms with van der Waals surface area (Å²) >= 11 is 5.92. The quantitative estimate of drug-likeness (QED) is 0.583. The largest absolute Gasteiger partial charge is 0.179 e. The van der Waals surface area contributed by atoms with Crippen molar-refractivity contribution in [2.24, 2.45) is 0 Å². The highest BCUT2D eigenvalue weighted by atomic mass is 32.2. The fraction of sp³-hybridized carbons (Fsp3) is 0.273. The molecule has 0 aliphatic heterocycles. The topological polar surface area (TPSA) is 0 Å². The van der Waals surface area contributed by atoms with Crippen LogP contribution in [0.4, 0.5) is 0 Å². The van der Waals surface area contributed by atoms with E-state index in [9.17, 15) is 0 Å². The van der Waals surface area contributed by atoms with Gasteiger partial charge in [0, 0.05) is 4.90 Å². The first kappa shape index (κ1) is 10.7. The van der Waals surface area contributed by atoms with Crippen LogP contribution in [0.15, 0.2) is 35.2 Å². The maximum Gasteiger partial charge on any atom is 0.00750 e. The molecular weight excluding hydrogens is 196 g/mol. The number of thiol groups is 1. The first-order valence-corrected chi connectivity index (χ1v) is 6.14. The van der Waals surface area contributed by atoms with Gasteiger partial charge in [-0.05, 0) is 36.1 Å². The van der Waals surface area contributed by atoms with Crippen molar-refractivity contribution in [2.45, 2.75) is 11.3 Å². The fourth-order valence-electron chi connectivity index (χ4n) is 1.04. The van der Waals surface area contributed by atoms with E-state index in [-0.39, 0.29) is 0 Å². The van der Waals surface area contributed by atoms with Gasteiger partial charge in [0.05, 0.1) is 0 Å². The maximum atomic E-state index is 4.15. The number of allylic oxidation sites excluding steroid dienone is 1. The van der Waals surface area contributed by atoms with Crippen LogP contribution >= 0.6 is 24.4 Å². The van der Waals surface area contributed by atoms with Gasteiger partial charge in [0.2, 0.25) is 0 Å². The summed E-state index contributed by atoms with van der Waals surface area (Å²) in [6.07, 6.45) is 7.44. The highest BCUT2D eigenvalue weighted by Gasteiger charge is 1.89. The third kappa shape index (κ3) is 3.92. The van der Waals surface area contributed by atoms with Crippen LogP contribution in [0.5, 0.6) is 0 Å². The second kappa shape index (κ2) is 6.17. The molecule has 2 heteroatoms. The van der Waals surface area contributed by atoms with E-state index in [0.29, 0.717) is 0 Å². The smallest absolute Gasteiger partial charge is 0.00750 e. The van der Waals surface area contributed by atoms with Gasteiger partial charge < -0.3 is 0 Å². The molecule has 1 aromatic rings. The van der Waals surface area contributed by atoms with E-state index in [0.717, 1.165) is 12.2 Å². The molecule has 0 nitrogen and oxygen atoms in total. The Morgan fingerprint density at radius 1 is 1.46 bits per heavy atom. The molecule has 0 fully saturated rings. The Hall–Kier alpha value is -0.340. The molecule has 0 atom stereocenters. The van der Waals surface area contributed by atoms with Crippen LogP contribution in [0.25, 0.3) is 6.08 Å². The SMILES string of the molecule is CSc1cccc(C=CCCS)c1. The molecule has 0 aromatic heterocycles. The van der Waals surface area contributed by atoms with Crippen molar-refractivity contribution in [1.82, 2.24) is 0 Å². The van der Waals surface area contributed by atoms with Crippen molar-refractivity contribution in [2.75, 3.05) is 12.0 Å². The maximum absolute atomic E-state index is 4.15. The van der Waals surface area contributed by atoms with E-state index < -0.39 is 0 Å². The Morgan fingerprint density at radius 2 is 2.31 bits per heavy atom. The van der Waals surface area contributed by atoms with E-state index in [1.165, 1.54) is 10.5 Å². The summed E-state index contributed by atoms with van der Waals surface area (Å²) in [5.74, 6) is 0.915. The minimum atomic E-state index is 0.915. The van der Waals surface area contributed by atoms with Crippen LogP contribution in [-0.4, -0.2) is 12.0 Å². The number of hydrogen-bond donors (Lipinski definition) is 1. The van der Waals surface area contributed by atoms with Gasteiger partial charge in [-0.2, -0.15) is 12.6 Å². The number of thioether (sulfide) groups is 1. The fourth-order valence-corrected chi connectivity index (χ4v) is 1.66. The van der Waals surface area contributed by atoms with Gasteiger partial charge in [-0.15, -0.1) is 11.8 Å². The molecule has 1 rings (SSSR count). The molecule has 0 spiro atoms. The van der Waals surface area contributed by atoms with Gasteiger partial charge in [0.1, 0.15) is 0 Å². The van der Waals surface area contributed by atoms with Crippen LogP contribution in [0.3, 0.4) is 0 Å². The van der Waals surface area contributed by atoms with Gasteiger partial charge >= 0.3 is 0 Å². The highest BCUT2D eigenvalue weighted by Crippen LogP contribution is 2.16. The van der Waals surface area contributed by atoms with Gasteiger partial charge in [-0.1, -0.05) is 24.3 Å². The van der Waals surface area contributed by atoms with Crippen molar-refractivity contribution >= 4 is 30.5 Å². The van der Waals surface area contributed by atoms with Crippen LogP contribution in [0, 0.1) is 0 Å². The monoisotopic (exact) mass is 210 g/mol. The van der Waals surface area contributed by atoms with Crippen LogP contribution < -0.4 is 0 Å². The van der Waals surface area contributed by atoms with Crippen LogP contribution in [0.2, 0.25) is 0 Å². The molecule has 0 amide bonds. The third-order valence-corrected chi connectivity index (χ3v) is 2.68. The lowest BCUT2D eigenvalue weighted by atomic mass is 10.2. The van der Waals surface area contributed by atoms with Crippen LogP contribution in [0.1, 0.15) is 12.0 Å². The highest BCUT2D eigenvalue weighted by molar-refractivity contribution is 7.98. The summed E-state index contributed by atoms with van der Waals surface area (Å²) in [5.41, 5.74) is 1.27. The molecule has 0 saturated heterocycles. The zero-order valence-electron chi connectivity index (χ0n) is 7.73. The summed E-state index contributed by atoms with van der Waals surface area (Å²) in [4.78, 5) is 1.31. The summed E-state index contributed by atoms with van der Waals surface area (Å²) in [6, 6.07) is 8.53. The molecule has 0 radical (unpaired) electrons. The predicted molar refractivity (Wildman–Crippen MR) is 65.7 cm³/mol. The Balaban J connectivity index is 2.66. The van der Waals surface area contributed by atoms with E-state index in [1.54, 1.807) is 11.8 Å². The molecule has 13 heavy (non-hydrogen) atoms. The number of hydrogen-bond acceptors (Lipinski definition) is 2. The van der Waals surface area contributed by atoms with E-state index in [1.807, 2.05) is 0 Å². The van der Waals surface area contributed by atoms with Crippen molar-refractivity contribution in [3.63, 3.8) is 0 Å². The summed E-state index contributed by atoms with van der Waals surface area (Å²) in [5, 5.41) is 0. The molecule has 1 aromatic carbocycles. The Morgan fingerprint density at radius 3 is 3.00 bits per heavy atom. The Labute approximate surface area is 89.8 Å². The lowest BCUT2D eigenvalue weighted by molar-refractivity contribution is 1.26. The standard InChI is InChI=1S/C11H14S2/c1-13-11-7-4-6-10(9-11)5-2-3-8-12/h2,4-7,9,12H,3,8H2,1H3. The van der Waals surface area contributed by atoms with Crippen molar-refractivity contribution in [1.29, 1.82) is 0 Å². The van der Waals surface area contributed by atoms with Gasteiger partial charge in [-0.3, -0.25) is 0 Å². The Kier molecular flexibility index (Phi) is 5.09. The molecule has 0 N–H and O–H groups in total. The molecule has 0 aliphatic carbocycles. The second-order valence-corrected chi connectivity index (χ2v) is 4.02. The van der Waals surface area contributed by atoms with Crippen molar-refractivity contribution in [3.8, 4) is 0 Å². The van der Waals surface area contributed by atoms with Gasteiger partial charge in [0.15, 0.2) is 0 Å². The van der Waals surface area contributed by atoms with Gasteiger partial charge in [0.25, 0.3) is 0 Å². The normalized spacial score (nSPS) is 10.9. The van der Waals surface area contributed by atoms with E-state index in [2.05, 4.69) is 55.3 Å². The van der Waals surface area contributed by atoms with Gasteiger partial charge in [-0.25, -0.2) is 0 Å². The molecule has 0 aliphatic rings. The first-order valence-electron chi connectivity index (χ1n) is 4.28. The molecular formula is C11H14S2. The van der Waals surface area contributed by atoms with Crippen molar-refractivity contribution < 1.29 is 0 Å². The van der Waals surface area contributed by atoms with Crippen molar-refractivity contribution in [3.05, 3.63) is 35.9 Å². The molecule has 0 heterocycles. The molecule has 70 valence electrons. The Bertz CT molecular complexity index is 279. The summed E-state index contributed by atoms with van der Waals surface area (Å²) in [7, 11) is 0. The first-order chi connectivity index (χ1) is 6.36. The zero-order chi connectivity index (χ0) is 9.52. The third-order valence-electron chi connectivity index (χ3n) is 1.70. The molecule has 0 unspecified atom stereocenters. The second-order valence-electron chi connectivity index (χ2n) is 2.69.